The lowest BCUT2D eigenvalue weighted by atomic mass is 10.0. The molecule has 8 nitrogen and oxygen atoms in total. The van der Waals surface area contributed by atoms with Crippen LogP contribution in [0.15, 0.2) is 23.2 Å². The van der Waals surface area contributed by atoms with E-state index in [1.54, 1.807) is 21.3 Å². The van der Waals surface area contributed by atoms with Crippen LogP contribution in [0.25, 0.3) is 0 Å². The predicted molar refractivity (Wildman–Crippen MR) is 113 cm³/mol. The fourth-order valence-corrected chi connectivity index (χ4v) is 3.84. The Morgan fingerprint density at radius 1 is 1.17 bits per heavy atom. The number of benzene rings is 1. The highest BCUT2D eigenvalue weighted by Crippen LogP contribution is 2.32. The normalized spacial score (nSPS) is 21.6. The predicted octanol–water partition coefficient (Wildman–Crippen LogP) is 1.42. The third kappa shape index (κ3) is 5.98. The van der Waals surface area contributed by atoms with Crippen molar-refractivity contribution in [3.63, 3.8) is 0 Å². The molecule has 29 heavy (non-hydrogen) atoms. The smallest absolute Gasteiger partial charge is 0.191 e. The third-order valence-electron chi connectivity index (χ3n) is 5.49. The van der Waals surface area contributed by atoms with Crippen molar-refractivity contribution in [1.82, 2.24) is 15.5 Å². The van der Waals surface area contributed by atoms with E-state index in [1.165, 1.54) is 5.56 Å². The zero-order valence-electron chi connectivity index (χ0n) is 17.8. The number of ether oxygens (including phenoxy) is 4. The SMILES string of the molecule is CN=C(NCC1CCCO1)NCC(c1ccc(OC)c(OC)c1)N1CCOCC1. The summed E-state index contributed by atoms with van der Waals surface area (Å²) >= 11 is 0. The molecule has 0 spiro atoms. The molecule has 0 radical (unpaired) electrons. The molecule has 2 saturated heterocycles. The van der Waals surface area contributed by atoms with Crippen LogP contribution in [0.1, 0.15) is 24.4 Å². The van der Waals surface area contributed by atoms with Gasteiger partial charge in [0.2, 0.25) is 0 Å². The molecule has 8 heteroatoms. The summed E-state index contributed by atoms with van der Waals surface area (Å²) in [5.74, 6) is 2.27. The fraction of sp³-hybridized carbons (Fsp3) is 0.667. The highest BCUT2D eigenvalue weighted by atomic mass is 16.5. The zero-order chi connectivity index (χ0) is 20.5. The van der Waals surface area contributed by atoms with E-state index in [0.29, 0.717) is 0 Å². The van der Waals surface area contributed by atoms with Gasteiger partial charge < -0.3 is 29.6 Å². The number of hydrogen-bond donors (Lipinski definition) is 2. The molecule has 2 aliphatic heterocycles. The summed E-state index contributed by atoms with van der Waals surface area (Å²) < 4.78 is 22.2. The Labute approximate surface area is 173 Å². The van der Waals surface area contributed by atoms with Crippen molar-refractivity contribution in [2.45, 2.75) is 25.0 Å². The number of hydrogen-bond acceptors (Lipinski definition) is 6. The summed E-state index contributed by atoms with van der Waals surface area (Å²) in [7, 11) is 5.12. The molecule has 0 saturated carbocycles. The zero-order valence-corrected chi connectivity index (χ0v) is 17.8. The van der Waals surface area contributed by atoms with Gasteiger partial charge in [-0.3, -0.25) is 9.89 Å². The van der Waals surface area contributed by atoms with Crippen LogP contribution in [-0.2, 0) is 9.47 Å². The largest absolute Gasteiger partial charge is 0.493 e. The quantitative estimate of drug-likeness (QED) is 0.499. The van der Waals surface area contributed by atoms with E-state index in [2.05, 4.69) is 32.7 Å². The van der Waals surface area contributed by atoms with Crippen LogP contribution in [0.3, 0.4) is 0 Å². The van der Waals surface area contributed by atoms with Crippen molar-refractivity contribution in [3.05, 3.63) is 23.8 Å². The van der Waals surface area contributed by atoms with Crippen molar-refractivity contribution in [2.24, 2.45) is 4.99 Å². The van der Waals surface area contributed by atoms with Gasteiger partial charge >= 0.3 is 0 Å². The maximum Gasteiger partial charge on any atom is 0.191 e. The summed E-state index contributed by atoms with van der Waals surface area (Å²) in [4.78, 5) is 6.81. The number of nitrogens with one attached hydrogen (secondary N) is 2. The topological polar surface area (TPSA) is 76.6 Å². The maximum absolute atomic E-state index is 5.69. The van der Waals surface area contributed by atoms with Crippen LogP contribution in [0.4, 0.5) is 0 Å². The molecule has 2 N–H and O–H groups in total. The van der Waals surface area contributed by atoms with Crippen molar-refractivity contribution in [1.29, 1.82) is 0 Å². The molecule has 162 valence electrons. The number of methoxy groups -OCH3 is 2. The molecule has 2 heterocycles. The molecular formula is C21H34N4O4. The van der Waals surface area contributed by atoms with Crippen LogP contribution in [0, 0.1) is 0 Å². The number of morpholine rings is 1. The second kappa shape index (κ2) is 11.2. The summed E-state index contributed by atoms with van der Waals surface area (Å²) in [5, 5.41) is 6.87. The maximum atomic E-state index is 5.69. The summed E-state index contributed by atoms with van der Waals surface area (Å²) in [6.45, 7) is 5.63. The van der Waals surface area contributed by atoms with Gasteiger partial charge in [0.25, 0.3) is 0 Å². The molecule has 0 aliphatic carbocycles. The Morgan fingerprint density at radius 3 is 2.62 bits per heavy atom. The minimum Gasteiger partial charge on any atom is -0.493 e. The lowest BCUT2D eigenvalue weighted by Crippen LogP contribution is -2.47. The number of nitrogens with zero attached hydrogens (tertiary/aromatic N) is 2. The van der Waals surface area contributed by atoms with Gasteiger partial charge in [-0.2, -0.15) is 0 Å². The lowest BCUT2D eigenvalue weighted by Gasteiger charge is -2.35. The van der Waals surface area contributed by atoms with Crippen molar-refractivity contribution in [3.8, 4) is 11.5 Å². The first kappa shape index (κ1) is 21.7. The van der Waals surface area contributed by atoms with Crippen molar-refractivity contribution >= 4 is 5.96 Å². The standard InChI is InChI=1S/C21H34N4O4/c1-22-21(23-14-17-5-4-10-29-17)24-15-18(25-8-11-28-12-9-25)16-6-7-19(26-2)20(13-16)27-3/h6-7,13,17-18H,4-5,8-12,14-15H2,1-3H3,(H2,22,23,24). The Balaban J connectivity index is 1.68. The van der Waals surface area contributed by atoms with Crippen LogP contribution < -0.4 is 20.1 Å². The number of guanidine groups is 1. The fourth-order valence-electron chi connectivity index (χ4n) is 3.84. The summed E-state index contributed by atoms with van der Waals surface area (Å²) in [6, 6.07) is 6.29. The van der Waals surface area contributed by atoms with E-state index in [-0.39, 0.29) is 12.1 Å². The number of rotatable bonds is 8. The molecule has 0 aromatic heterocycles. The molecule has 2 atom stereocenters. The monoisotopic (exact) mass is 406 g/mol. The first-order valence-corrected chi connectivity index (χ1v) is 10.3. The minimum absolute atomic E-state index is 0.167. The lowest BCUT2D eigenvalue weighted by molar-refractivity contribution is 0.0169. The average molecular weight is 407 g/mol. The molecule has 2 unspecified atom stereocenters. The Hall–Kier alpha value is -2.03. The van der Waals surface area contributed by atoms with Gasteiger partial charge in [0, 0.05) is 39.8 Å². The first-order chi connectivity index (χ1) is 14.2. The van der Waals surface area contributed by atoms with Crippen LogP contribution in [0.2, 0.25) is 0 Å². The van der Waals surface area contributed by atoms with Crippen molar-refractivity contribution < 1.29 is 18.9 Å². The van der Waals surface area contributed by atoms with Crippen LogP contribution in [-0.4, -0.2) is 84.2 Å². The molecule has 0 bridgehead atoms. The summed E-state index contributed by atoms with van der Waals surface area (Å²) in [6.07, 6.45) is 2.51. The van der Waals surface area contributed by atoms with E-state index in [1.807, 2.05) is 6.07 Å². The van der Waals surface area contributed by atoms with E-state index in [9.17, 15) is 0 Å². The Morgan fingerprint density at radius 2 is 1.97 bits per heavy atom. The van der Waals surface area contributed by atoms with E-state index in [4.69, 9.17) is 18.9 Å². The van der Waals surface area contributed by atoms with Gasteiger partial charge in [-0.25, -0.2) is 0 Å². The van der Waals surface area contributed by atoms with Gasteiger partial charge in [-0.05, 0) is 30.5 Å². The Bertz CT molecular complexity index is 658. The van der Waals surface area contributed by atoms with E-state index < -0.39 is 0 Å². The van der Waals surface area contributed by atoms with Gasteiger partial charge in [-0.1, -0.05) is 6.07 Å². The molecule has 3 rings (SSSR count). The van der Waals surface area contributed by atoms with Crippen LogP contribution >= 0.6 is 0 Å². The van der Waals surface area contributed by atoms with Crippen molar-refractivity contribution in [2.75, 3.05) is 67.3 Å². The second-order valence-corrected chi connectivity index (χ2v) is 7.25. The average Bonchev–Trinajstić information content (AvgIpc) is 3.30. The third-order valence-corrected chi connectivity index (χ3v) is 5.49. The first-order valence-electron chi connectivity index (χ1n) is 10.3. The number of aliphatic imine (C=N–C) groups is 1. The molecule has 2 aliphatic rings. The highest BCUT2D eigenvalue weighted by Gasteiger charge is 2.24. The van der Waals surface area contributed by atoms with Gasteiger partial charge in [0.1, 0.15) is 0 Å². The van der Waals surface area contributed by atoms with Crippen LogP contribution in [0.5, 0.6) is 11.5 Å². The Kier molecular flexibility index (Phi) is 8.39. The van der Waals surface area contributed by atoms with Gasteiger partial charge in [0.05, 0.1) is 39.6 Å². The minimum atomic E-state index is 0.167. The van der Waals surface area contributed by atoms with E-state index >= 15 is 0 Å². The van der Waals surface area contributed by atoms with E-state index in [0.717, 1.165) is 76.3 Å². The molecule has 1 aromatic carbocycles. The van der Waals surface area contributed by atoms with Gasteiger partial charge in [0.15, 0.2) is 17.5 Å². The molecule has 2 fully saturated rings. The summed E-state index contributed by atoms with van der Waals surface area (Å²) in [5.41, 5.74) is 1.17. The van der Waals surface area contributed by atoms with Gasteiger partial charge in [-0.15, -0.1) is 0 Å². The highest BCUT2D eigenvalue weighted by molar-refractivity contribution is 5.79. The molecular weight excluding hydrogens is 372 g/mol. The molecule has 0 amide bonds. The second-order valence-electron chi connectivity index (χ2n) is 7.25. The molecule has 1 aromatic rings.